The molecule has 4 heterocycles. The Morgan fingerprint density at radius 3 is 1.00 bits per heavy atom. The molecular weight excluding hydrogens is 914 g/mol. The van der Waals surface area contributed by atoms with E-state index in [9.17, 15) is 19.2 Å². The Balaban J connectivity index is 0.000000178. The van der Waals surface area contributed by atoms with Gasteiger partial charge in [0.25, 0.3) is 11.1 Å². The quantitative estimate of drug-likeness (QED) is 0.221. The molecule has 0 aliphatic carbocycles. The van der Waals surface area contributed by atoms with E-state index in [1.54, 1.807) is 14.1 Å². The third-order valence-electron chi connectivity index (χ3n) is 9.07. The fraction of sp³-hybridized carbons (Fsp3) is 0.150. The van der Waals surface area contributed by atoms with Crippen molar-refractivity contribution in [2.75, 3.05) is 12.3 Å². The predicted molar refractivity (Wildman–Crippen MR) is 222 cm³/mol. The van der Waals surface area contributed by atoms with Gasteiger partial charge in [0, 0.05) is 50.5 Å². The maximum atomic E-state index is 11.4. The van der Waals surface area contributed by atoms with Crippen LogP contribution in [0.2, 0.25) is 0 Å². The van der Waals surface area contributed by atoms with Gasteiger partial charge >= 0.3 is 32.4 Å². The van der Waals surface area contributed by atoms with Crippen LogP contribution in [0, 0.1) is 0 Å². The van der Waals surface area contributed by atoms with E-state index in [2.05, 4.69) is 141 Å². The molecule has 8 rings (SSSR count). The number of nitrogens with zero attached hydrogens (tertiary/aromatic N) is 8. The minimum absolute atomic E-state index is 0. The summed E-state index contributed by atoms with van der Waals surface area (Å²) in [6.45, 7) is 0. The zero-order chi connectivity index (χ0) is 38.2. The van der Waals surface area contributed by atoms with Crippen molar-refractivity contribution < 1.29 is 21.1 Å². The van der Waals surface area contributed by atoms with Crippen LogP contribution in [-0.4, -0.2) is 40.6 Å². The Morgan fingerprint density at radius 2 is 0.727 bits per heavy atom. The molecule has 0 amide bonds. The summed E-state index contributed by atoms with van der Waals surface area (Å²) in [4.78, 5) is 60.7. The van der Waals surface area contributed by atoms with E-state index in [-0.39, 0.29) is 32.1 Å². The van der Waals surface area contributed by atoms with E-state index in [0.717, 1.165) is 9.13 Å². The normalized spacial score (nSPS) is 10.8. The van der Waals surface area contributed by atoms with E-state index in [0.29, 0.717) is 11.3 Å². The SMILES string of the molecule is Cn1c(=O)c2[n-]cnc2n(C)c1=O.Cn1c(=O)c2[n-]cnc2n(C)c1=O.[Pt+2].c1ccc([PH+](CC[PH+](c2ccccc2)c2ccccc2)c2ccccc2)cc1. The minimum Gasteiger partial charge on any atom is -0.437 e. The van der Waals surface area contributed by atoms with Crippen molar-refractivity contribution in [1.82, 2.24) is 38.2 Å². The summed E-state index contributed by atoms with van der Waals surface area (Å²) in [5.74, 6) is 0. The Labute approximate surface area is 333 Å². The van der Waals surface area contributed by atoms with Gasteiger partial charge in [-0.2, -0.15) is 0 Å². The zero-order valence-electron chi connectivity index (χ0n) is 30.6. The molecule has 0 aliphatic heterocycles. The van der Waals surface area contributed by atoms with Crippen molar-refractivity contribution in [3.8, 4) is 0 Å². The van der Waals surface area contributed by atoms with Gasteiger partial charge in [-0.1, -0.05) is 85.5 Å². The molecule has 0 N–H and O–H groups in total. The van der Waals surface area contributed by atoms with Crippen LogP contribution in [0.3, 0.4) is 0 Å². The van der Waals surface area contributed by atoms with E-state index >= 15 is 0 Å². The molecule has 0 unspecified atom stereocenters. The van der Waals surface area contributed by atoms with Crippen LogP contribution in [0.15, 0.2) is 153 Å². The van der Waals surface area contributed by atoms with Crippen molar-refractivity contribution in [1.29, 1.82) is 0 Å². The fourth-order valence-corrected chi connectivity index (χ4v) is 12.4. The Morgan fingerprint density at radius 1 is 0.455 bits per heavy atom. The first-order valence-corrected chi connectivity index (χ1v) is 20.6. The molecule has 4 aromatic heterocycles. The fourth-order valence-electron chi connectivity index (χ4n) is 6.15. The van der Waals surface area contributed by atoms with E-state index < -0.39 is 38.3 Å². The summed E-state index contributed by atoms with van der Waals surface area (Å²) in [7, 11) is 4.37. The van der Waals surface area contributed by atoms with Crippen molar-refractivity contribution in [2.45, 2.75) is 0 Å². The van der Waals surface area contributed by atoms with Crippen molar-refractivity contribution in [2.24, 2.45) is 28.2 Å². The van der Waals surface area contributed by atoms with Crippen LogP contribution in [0.25, 0.3) is 22.3 Å². The molecule has 0 fully saturated rings. The summed E-state index contributed by atoms with van der Waals surface area (Å²) in [5, 5.41) is 6.06. The monoisotopic (exact) mass is 953 g/mol. The number of hydrogen-bond donors (Lipinski definition) is 0. The van der Waals surface area contributed by atoms with Gasteiger partial charge in [0.05, 0.1) is 37.1 Å². The van der Waals surface area contributed by atoms with E-state index in [1.165, 1.54) is 69.4 Å². The Kier molecular flexibility index (Phi) is 14.0. The summed E-state index contributed by atoms with van der Waals surface area (Å²) in [6, 6.07) is 44.5. The van der Waals surface area contributed by atoms with Gasteiger partial charge in [0.15, 0.2) is 0 Å². The maximum absolute atomic E-state index is 11.4. The van der Waals surface area contributed by atoms with Crippen molar-refractivity contribution in [3.05, 3.63) is 176 Å². The van der Waals surface area contributed by atoms with Gasteiger partial charge in [0.2, 0.25) is 0 Å². The largest absolute Gasteiger partial charge is 2.00 e. The second kappa shape index (κ2) is 18.9. The predicted octanol–water partition coefficient (Wildman–Crippen LogP) is 1.89. The van der Waals surface area contributed by atoms with Gasteiger partial charge in [-0.15, -0.1) is 0 Å². The molecular formula is C40H40N8O4P2Pt+2. The molecule has 55 heavy (non-hydrogen) atoms. The van der Waals surface area contributed by atoms with Gasteiger partial charge < -0.3 is 19.9 Å². The molecule has 0 saturated carbocycles. The summed E-state index contributed by atoms with van der Waals surface area (Å²) < 4.78 is 4.61. The second-order valence-electron chi connectivity index (χ2n) is 12.4. The standard InChI is InChI=1S/C26H24P2.2C7H8N4O2.Pt/c1-5-13-23(14-6-1)27(24-15-7-2-8-16-24)21-22-28(25-17-9-3-10-18-25)26-19-11-4-12-20-26;2*1-10-5-4(8-3-9-5)6(12)11(2)7(10)13;/h1-20H,21-22H2;2*3H,1-2H3,(H,8,9,12);/q;;;+2. The molecule has 282 valence electrons. The van der Waals surface area contributed by atoms with Crippen LogP contribution in [0.5, 0.6) is 0 Å². The maximum Gasteiger partial charge on any atom is 2.00 e. The number of aryl methyl sites for hydroxylation is 2. The molecule has 15 heteroatoms. The van der Waals surface area contributed by atoms with Crippen LogP contribution in [0.1, 0.15) is 0 Å². The zero-order valence-corrected chi connectivity index (χ0v) is 34.9. The summed E-state index contributed by atoms with van der Waals surface area (Å²) in [5.41, 5.74) is -0.488. The molecule has 4 aromatic carbocycles. The number of rotatable bonds is 7. The van der Waals surface area contributed by atoms with Crippen LogP contribution in [0.4, 0.5) is 0 Å². The summed E-state index contributed by atoms with van der Waals surface area (Å²) >= 11 is 0. The first-order chi connectivity index (χ1) is 26.2. The molecule has 0 bridgehead atoms. The third-order valence-corrected chi connectivity index (χ3v) is 15.2. The molecule has 0 atom stereocenters. The molecule has 0 spiro atoms. The number of hydrogen-bond acceptors (Lipinski definition) is 6. The van der Waals surface area contributed by atoms with Crippen molar-refractivity contribution in [3.63, 3.8) is 0 Å². The van der Waals surface area contributed by atoms with Crippen molar-refractivity contribution >= 4 is 59.4 Å². The minimum atomic E-state index is -0.783. The van der Waals surface area contributed by atoms with Gasteiger partial charge in [-0.3, -0.25) is 27.9 Å². The molecule has 8 aromatic rings. The van der Waals surface area contributed by atoms with Crippen LogP contribution in [-0.2, 0) is 49.3 Å². The van der Waals surface area contributed by atoms with Crippen LogP contribution < -0.4 is 53.7 Å². The Hall–Kier alpha value is -5.27. The number of imidazole rings is 2. The number of benzene rings is 4. The summed E-state index contributed by atoms with van der Waals surface area (Å²) in [6.07, 6.45) is 5.06. The smallest absolute Gasteiger partial charge is 0.437 e. The number of fused-ring (bicyclic) bond motifs is 2. The van der Waals surface area contributed by atoms with E-state index in [4.69, 9.17) is 0 Å². The first-order valence-electron chi connectivity index (χ1n) is 17.2. The number of aromatic nitrogens is 8. The molecule has 12 nitrogen and oxygen atoms in total. The average molecular weight is 954 g/mol. The van der Waals surface area contributed by atoms with Gasteiger partial charge in [-0.25, -0.2) is 9.59 Å². The van der Waals surface area contributed by atoms with E-state index in [1.807, 2.05) is 0 Å². The molecule has 0 saturated heterocycles. The third kappa shape index (κ3) is 9.17. The Bertz CT molecular complexity index is 2440. The average Bonchev–Trinajstić information content (AvgIpc) is 3.93. The topological polar surface area (TPSA) is 142 Å². The second-order valence-corrected chi connectivity index (χ2v) is 17.6. The first kappa shape index (κ1) is 40.9. The molecule has 0 aliphatic rings. The van der Waals surface area contributed by atoms with Crippen LogP contribution >= 0.6 is 15.8 Å². The van der Waals surface area contributed by atoms with Gasteiger partial charge in [-0.05, 0) is 48.5 Å². The molecule has 0 radical (unpaired) electrons. The van der Waals surface area contributed by atoms with Gasteiger partial charge in [0.1, 0.15) is 12.3 Å².